The minimum Gasteiger partial charge on any atom is -0.360 e. The van der Waals surface area contributed by atoms with Crippen LogP contribution < -0.4 is 10.0 Å². The van der Waals surface area contributed by atoms with Gasteiger partial charge in [-0.2, -0.15) is 0 Å². The molecule has 0 aliphatic carbocycles. The van der Waals surface area contributed by atoms with Crippen molar-refractivity contribution in [1.29, 1.82) is 0 Å². The van der Waals surface area contributed by atoms with Crippen LogP contribution in [0.15, 0.2) is 64.0 Å². The molecule has 28 heavy (non-hydrogen) atoms. The molecule has 0 atom stereocenters. The molecule has 0 saturated carbocycles. The van der Waals surface area contributed by atoms with Crippen molar-refractivity contribution in [1.82, 2.24) is 5.16 Å². The molecule has 146 valence electrons. The van der Waals surface area contributed by atoms with E-state index < -0.39 is 15.9 Å². The molecule has 3 aromatic rings. The highest BCUT2D eigenvalue weighted by molar-refractivity contribution is 7.92. The number of para-hydroxylation sites is 1. The van der Waals surface area contributed by atoms with Gasteiger partial charge in [0.1, 0.15) is 5.76 Å². The molecule has 0 aliphatic heterocycles. The fourth-order valence-electron chi connectivity index (χ4n) is 2.70. The van der Waals surface area contributed by atoms with Gasteiger partial charge in [-0.25, -0.2) is 8.42 Å². The Balaban J connectivity index is 1.77. The van der Waals surface area contributed by atoms with E-state index in [0.717, 1.165) is 5.56 Å². The maximum absolute atomic E-state index is 12.7. The summed E-state index contributed by atoms with van der Waals surface area (Å²) in [4.78, 5) is 12.3. The third-order valence-corrected chi connectivity index (χ3v) is 5.50. The average Bonchev–Trinajstić information content (AvgIpc) is 3.06. The summed E-state index contributed by atoms with van der Waals surface area (Å²) >= 11 is 0. The number of hydrogen-bond acceptors (Lipinski definition) is 5. The number of anilines is 2. The molecule has 0 bridgehead atoms. The third kappa shape index (κ3) is 4.40. The number of carbonyl (C=O) groups is 1. The molecular weight excluding hydrogens is 378 g/mol. The van der Waals surface area contributed by atoms with Crippen LogP contribution in [0.5, 0.6) is 0 Å². The number of amides is 1. The van der Waals surface area contributed by atoms with Crippen LogP contribution in [0.25, 0.3) is 0 Å². The minimum absolute atomic E-state index is 0.0693. The maximum Gasteiger partial charge on any atom is 0.261 e. The molecule has 8 heteroatoms. The van der Waals surface area contributed by atoms with Gasteiger partial charge in [0.25, 0.3) is 15.9 Å². The Kier molecular flexibility index (Phi) is 5.51. The fourth-order valence-corrected chi connectivity index (χ4v) is 3.78. The first-order valence-electron chi connectivity index (χ1n) is 8.73. The van der Waals surface area contributed by atoms with Gasteiger partial charge in [-0.05, 0) is 48.7 Å². The van der Waals surface area contributed by atoms with Crippen LogP contribution in [0, 0.1) is 6.92 Å². The molecule has 1 aromatic heterocycles. The molecule has 0 saturated heterocycles. The van der Waals surface area contributed by atoms with Crippen molar-refractivity contribution in [2.75, 3.05) is 10.0 Å². The lowest BCUT2D eigenvalue weighted by molar-refractivity contribution is 0.102. The number of aromatic nitrogens is 1. The van der Waals surface area contributed by atoms with E-state index in [1.165, 1.54) is 24.3 Å². The summed E-state index contributed by atoms with van der Waals surface area (Å²) in [7, 11) is -3.78. The van der Waals surface area contributed by atoms with Crippen LogP contribution in [0.4, 0.5) is 11.5 Å². The van der Waals surface area contributed by atoms with Gasteiger partial charge in [-0.1, -0.05) is 37.2 Å². The molecule has 7 nitrogen and oxygen atoms in total. The Morgan fingerprint density at radius 2 is 1.75 bits per heavy atom. The smallest absolute Gasteiger partial charge is 0.261 e. The SMILES string of the molecule is Cc1cc(NC(=O)c2ccc(S(=O)(=O)Nc3ccccc3C(C)C)cc2)no1. The van der Waals surface area contributed by atoms with Crippen LogP contribution in [0.1, 0.15) is 41.4 Å². The van der Waals surface area contributed by atoms with E-state index in [0.29, 0.717) is 22.8 Å². The Morgan fingerprint density at radius 3 is 2.36 bits per heavy atom. The zero-order chi connectivity index (χ0) is 20.3. The number of benzene rings is 2. The van der Waals surface area contributed by atoms with Crippen LogP contribution >= 0.6 is 0 Å². The molecule has 1 heterocycles. The number of nitrogens with one attached hydrogen (secondary N) is 2. The predicted molar refractivity (Wildman–Crippen MR) is 107 cm³/mol. The summed E-state index contributed by atoms with van der Waals surface area (Å²) < 4.78 is 33.0. The van der Waals surface area contributed by atoms with Gasteiger partial charge >= 0.3 is 0 Å². The van der Waals surface area contributed by atoms with Crippen LogP contribution in [0.3, 0.4) is 0 Å². The topological polar surface area (TPSA) is 101 Å². The van der Waals surface area contributed by atoms with E-state index in [1.54, 1.807) is 25.1 Å². The van der Waals surface area contributed by atoms with Gasteiger partial charge in [0.2, 0.25) is 0 Å². The molecule has 0 unspecified atom stereocenters. The summed E-state index contributed by atoms with van der Waals surface area (Å²) in [5, 5.41) is 6.28. The van der Waals surface area contributed by atoms with Crippen molar-refractivity contribution in [2.24, 2.45) is 0 Å². The van der Waals surface area contributed by atoms with Crippen LogP contribution in [-0.4, -0.2) is 19.5 Å². The van der Waals surface area contributed by atoms with Gasteiger partial charge in [0, 0.05) is 11.6 Å². The van der Waals surface area contributed by atoms with Gasteiger partial charge in [0.15, 0.2) is 5.82 Å². The van der Waals surface area contributed by atoms with Crippen molar-refractivity contribution in [2.45, 2.75) is 31.6 Å². The highest BCUT2D eigenvalue weighted by Gasteiger charge is 2.18. The Hall–Kier alpha value is -3.13. The largest absolute Gasteiger partial charge is 0.360 e. The maximum atomic E-state index is 12.7. The van der Waals surface area contributed by atoms with Crippen LogP contribution in [0.2, 0.25) is 0 Å². The Bertz CT molecular complexity index is 1090. The summed E-state index contributed by atoms with van der Waals surface area (Å²) in [6, 6.07) is 14.5. The number of nitrogens with zero attached hydrogens (tertiary/aromatic N) is 1. The minimum atomic E-state index is -3.78. The molecule has 0 radical (unpaired) electrons. The number of aryl methyl sites for hydroxylation is 1. The predicted octanol–water partition coefficient (Wildman–Crippen LogP) is 4.16. The standard InChI is InChI=1S/C20H21N3O4S/c1-13(2)17-6-4-5-7-18(17)23-28(25,26)16-10-8-15(9-11-16)20(24)21-19-12-14(3)27-22-19/h4-13,23H,1-3H3,(H,21,22,24). The van der Waals surface area contributed by atoms with E-state index in [9.17, 15) is 13.2 Å². The van der Waals surface area contributed by atoms with Gasteiger partial charge in [-0.3, -0.25) is 9.52 Å². The second-order valence-electron chi connectivity index (χ2n) is 6.65. The molecular formula is C20H21N3O4S. The zero-order valence-electron chi connectivity index (χ0n) is 15.8. The number of rotatable bonds is 6. The lowest BCUT2D eigenvalue weighted by Gasteiger charge is -2.15. The summed E-state index contributed by atoms with van der Waals surface area (Å²) in [5.74, 6) is 0.635. The number of hydrogen-bond donors (Lipinski definition) is 2. The molecule has 2 N–H and O–H groups in total. The van der Waals surface area contributed by atoms with Gasteiger partial charge in [0.05, 0.1) is 10.6 Å². The van der Waals surface area contributed by atoms with Crippen molar-refractivity contribution >= 4 is 27.4 Å². The summed E-state index contributed by atoms with van der Waals surface area (Å²) in [5.41, 5.74) is 1.76. The average molecular weight is 399 g/mol. The zero-order valence-corrected chi connectivity index (χ0v) is 16.6. The summed E-state index contributed by atoms with van der Waals surface area (Å²) in [6.07, 6.45) is 0. The van der Waals surface area contributed by atoms with Gasteiger partial charge in [-0.15, -0.1) is 0 Å². The van der Waals surface area contributed by atoms with Crippen molar-refractivity contribution in [3.63, 3.8) is 0 Å². The van der Waals surface area contributed by atoms with Gasteiger partial charge < -0.3 is 9.84 Å². The van der Waals surface area contributed by atoms with E-state index in [2.05, 4.69) is 15.2 Å². The van der Waals surface area contributed by atoms with E-state index in [-0.39, 0.29) is 10.8 Å². The van der Waals surface area contributed by atoms with E-state index >= 15 is 0 Å². The second-order valence-corrected chi connectivity index (χ2v) is 8.33. The first-order valence-corrected chi connectivity index (χ1v) is 10.2. The molecule has 0 spiro atoms. The van der Waals surface area contributed by atoms with Crippen molar-refractivity contribution in [3.8, 4) is 0 Å². The highest BCUT2D eigenvalue weighted by Crippen LogP contribution is 2.26. The molecule has 1 amide bonds. The van der Waals surface area contributed by atoms with Crippen molar-refractivity contribution in [3.05, 3.63) is 71.5 Å². The number of sulfonamides is 1. The molecule has 3 rings (SSSR count). The first-order chi connectivity index (χ1) is 13.3. The van der Waals surface area contributed by atoms with E-state index in [1.807, 2.05) is 26.0 Å². The summed E-state index contributed by atoms with van der Waals surface area (Å²) in [6.45, 7) is 5.71. The third-order valence-electron chi connectivity index (χ3n) is 4.12. The number of carbonyl (C=O) groups excluding carboxylic acids is 1. The van der Waals surface area contributed by atoms with Crippen LogP contribution in [-0.2, 0) is 10.0 Å². The lowest BCUT2D eigenvalue weighted by Crippen LogP contribution is -2.16. The fraction of sp³-hybridized carbons (Fsp3) is 0.200. The quantitative estimate of drug-likeness (QED) is 0.648. The highest BCUT2D eigenvalue weighted by atomic mass is 32.2. The monoisotopic (exact) mass is 399 g/mol. The van der Waals surface area contributed by atoms with Crippen molar-refractivity contribution < 1.29 is 17.7 Å². The Morgan fingerprint density at radius 1 is 1.07 bits per heavy atom. The first kappa shape index (κ1) is 19.6. The second kappa shape index (κ2) is 7.85. The van der Waals surface area contributed by atoms with E-state index in [4.69, 9.17) is 4.52 Å². The molecule has 0 aliphatic rings. The lowest BCUT2D eigenvalue weighted by atomic mass is 10.0. The Labute approximate surface area is 163 Å². The molecule has 2 aromatic carbocycles. The molecule has 0 fully saturated rings. The normalized spacial score (nSPS) is 11.4.